The molecule has 1 fully saturated rings. The minimum absolute atomic E-state index is 0.129. The first-order valence-corrected chi connectivity index (χ1v) is 6.08. The fourth-order valence-electron chi connectivity index (χ4n) is 2.22. The molecule has 1 rings (SSSR count). The van der Waals surface area contributed by atoms with Gasteiger partial charge in [0.25, 0.3) is 0 Å². The second-order valence-corrected chi connectivity index (χ2v) is 4.86. The molecule has 0 radical (unpaired) electrons. The van der Waals surface area contributed by atoms with Gasteiger partial charge in [0.2, 0.25) is 5.91 Å². The summed E-state index contributed by atoms with van der Waals surface area (Å²) in [5.41, 5.74) is 0. The lowest BCUT2D eigenvalue weighted by molar-refractivity contribution is -0.135. The van der Waals surface area contributed by atoms with Gasteiger partial charge in [0.05, 0.1) is 0 Å². The van der Waals surface area contributed by atoms with Gasteiger partial charge in [0.15, 0.2) is 0 Å². The number of carbonyl (C=O) groups is 1. The largest absolute Gasteiger partial charge is 0.372 e. The standard InChI is InChI=1S/C12H24N2O2/c1-5-6-16-9-12(15)14-7-10(2)11(8-14)13(3)4/h10-11H,5-9H2,1-4H3. The average Bonchev–Trinajstić information content (AvgIpc) is 2.60. The molecule has 1 heterocycles. The predicted molar refractivity (Wildman–Crippen MR) is 64.3 cm³/mol. The van der Waals surface area contributed by atoms with Crippen molar-refractivity contribution in [3.05, 3.63) is 0 Å². The second kappa shape index (κ2) is 6.21. The summed E-state index contributed by atoms with van der Waals surface area (Å²) in [6.07, 6.45) is 0.962. The van der Waals surface area contributed by atoms with Crippen molar-refractivity contribution in [1.82, 2.24) is 9.80 Å². The van der Waals surface area contributed by atoms with Crippen LogP contribution in [0.3, 0.4) is 0 Å². The average molecular weight is 228 g/mol. The molecule has 0 aromatic carbocycles. The van der Waals surface area contributed by atoms with Crippen molar-refractivity contribution in [2.75, 3.05) is 40.4 Å². The van der Waals surface area contributed by atoms with Gasteiger partial charge in [-0.1, -0.05) is 13.8 Å². The topological polar surface area (TPSA) is 32.8 Å². The zero-order valence-corrected chi connectivity index (χ0v) is 10.9. The summed E-state index contributed by atoms with van der Waals surface area (Å²) in [7, 11) is 4.14. The van der Waals surface area contributed by atoms with E-state index in [4.69, 9.17) is 4.74 Å². The van der Waals surface area contributed by atoms with E-state index in [0.29, 0.717) is 18.6 Å². The Morgan fingerprint density at radius 2 is 2.12 bits per heavy atom. The first kappa shape index (κ1) is 13.5. The first-order valence-electron chi connectivity index (χ1n) is 6.08. The zero-order valence-electron chi connectivity index (χ0n) is 10.9. The predicted octanol–water partition coefficient (Wildman–Crippen LogP) is 0.822. The number of nitrogens with zero attached hydrogens (tertiary/aromatic N) is 2. The number of hydrogen-bond acceptors (Lipinski definition) is 3. The smallest absolute Gasteiger partial charge is 0.248 e. The maximum absolute atomic E-state index is 11.8. The van der Waals surface area contributed by atoms with Crippen LogP contribution >= 0.6 is 0 Å². The fraction of sp³-hybridized carbons (Fsp3) is 0.917. The normalized spacial score (nSPS) is 25.4. The molecule has 0 aliphatic carbocycles. The maximum Gasteiger partial charge on any atom is 0.248 e. The van der Waals surface area contributed by atoms with Gasteiger partial charge in [-0.05, 0) is 26.4 Å². The Kier molecular flexibility index (Phi) is 5.22. The molecule has 4 nitrogen and oxygen atoms in total. The lowest BCUT2D eigenvalue weighted by Gasteiger charge is -2.22. The highest BCUT2D eigenvalue weighted by atomic mass is 16.5. The number of hydrogen-bond donors (Lipinski definition) is 0. The summed E-state index contributed by atoms with van der Waals surface area (Å²) < 4.78 is 5.28. The van der Waals surface area contributed by atoms with Gasteiger partial charge in [0, 0.05) is 25.7 Å². The van der Waals surface area contributed by atoms with Crippen molar-refractivity contribution in [2.24, 2.45) is 5.92 Å². The minimum Gasteiger partial charge on any atom is -0.372 e. The van der Waals surface area contributed by atoms with Crippen molar-refractivity contribution in [3.63, 3.8) is 0 Å². The Labute approximate surface area is 98.5 Å². The van der Waals surface area contributed by atoms with Gasteiger partial charge in [-0.15, -0.1) is 0 Å². The van der Waals surface area contributed by atoms with Gasteiger partial charge >= 0.3 is 0 Å². The number of ether oxygens (including phenoxy) is 1. The summed E-state index contributed by atoms with van der Waals surface area (Å²) in [4.78, 5) is 15.9. The third-order valence-electron chi connectivity index (χ3n) is 3.16. The van der Waals surface area contributed by atoms with E-state index < -0.39 is 0 Å². The van der Waals surface area contributed by atoms with Crippen molar-refractivity contribution in [3.8, 4) is 0 Å². The Morgan fingerprint density at radius 3 is 2.62 bits per heavy atom. The Balaban J connectivity index is 2.36. The molecule has 1 aliphatic rings. The number of amides is 1. The SMILES string of the molecule is CCCOCC(=O)N1CC(C)C(N(C)C)C1. The van der Waals surface area contributed by atoms with Crippen LogP contribution in [0.4, 0.5) is 0 Å². The second-order valence-electron chi connectivity index (χ2n) is 4.86. The van der Waals surface area contributed by atoms with Crippen molar-refractivity contribution in [1.29, 1.82) is 0 Å². The molecule has 1 aliphatic heterocycles. The fourth-order valence-corrected chi connectivity index (χ4v) is 2.22. The zero-order chi connectivity index (χ0) is 12.1. The van der Waals surface area contributed by atoms with Crippen molar-refractivity contribution in [2.45, 2.75) is 26.3 Å². The highest BCUT2D eigenvalue weighted by Gasteiger charge is 2.33. The lowest BCUT2D eigenvalue weighted by atomic mass is 10.1. The van der Waals surface area contributed by atoms with Crippen LogP contribution in [-0.2, 0) is 9.53 Å². The number of carbonyl (C=O) groups excluding carboxylic acids is 1. The lowest BCUT2D eigenvalue weighted by Crippen LogP contribution is -2.37. The highest BCUT2D eigenvalue weighted by Crippen LogP contribution is 2.19. The molecule has 4 heteroatoms. The molecule has 0 N–H and O–H groups in total. The number of rotatable bonds is 5. The quantitative estimate of drug-likeness (QED) is 0.653. The van der Waals surface area contributed by atoms with Gasteiger partial charge in [-0.25, -0.2) is 0 Å². The van der Waals surface area contributed by atoms with Crippen LogP contribution in [0.2, 0.25) is 0 Å². The van der Waals surface area contributed by atoms with E-state index in [0.717, 1.165) is 19.5 Å². The van der Waals surface area contributed by atoms with Gasteiger partial charge in [-0.3, -0.25) is 4.79 Å². The third-order valence-corrected chi connectivity index (χ3v) is 3.16. The summed E-state index contributed by atoms with van der Waals surface area (Å²) in [6.45, 7) is 6.85. The van der Waals surface area contributed by atoms with Crippen molar-refractivity contribution >= 4 is 5.91 Å². The van der Waals surface area contributed by atoms with E-state index in [1.54, 1.807) is 0 Å². The molecule has 0 saturated carbocycles. The molecular formula is C12H24N2O2. The van der Waals surface area contributed by atoms with E-state index >= 15 is 0 Å². The van der Waals surface area contributed by atoms with Crippen LogP contribution < -0.4 is 0 Å². The molecule has 0 bridgehead atoms. The van der Waals surface area contributed by atoms with Crippen LogP contribution in [0.25, 0.3) is 0 Å². The monoisotopic (exact) mass is 228 g/mol. The minimum atomic E-state index is 0.129. The van der Waals surface area contributed by atoms with Crippen LogP contribution in [0.5, 0.6) is 0 Å². The molecule has 0 spiro atoms. The molecule has 2 atom stereocenters. The van der Waals surface area contributed by atoms with E-state index in [-0.39, 0.29) is 12.5 Å². The molecule has 16 heavy (non-hydrogen) atoms. The molecular weight excluding hydrogens is 204 g/mol. The van der Waals surface area contributed by atoms with Crippen LogP contribution in [0.15, 0.2) is 0 Å². The third kappa shape index (κ3) is 3.46. The van der Waals surface area contributed by atoms with Crippen molar-refractivity contribution < 1.29 is 9.53 Å². The Morgan fingerprint density at radius 1 is 1.44 bits per heavy atom. The molecule has 94 valence electrons. The highest BCUT2D eigenvalue weighted by molar-refractivity contribution is 5.77. The van der Waals surface area contributed by atoms with Gasteiger partial charge in [-0.2, -0.15) is 0 Å². The number of likely N-dealkylation sites (N-methyl/N-ethyl adjacent to an activating group) is 1. The van der Waals surface area contributed by atoms with Gasteiger partial charge in [0.1, 0.15) is 6.61 Å². The summed E-state index contributed by atoms with van der Waals surface area (Å²) in [5.74, 6) is 0.676. The van der Waals surface area contributed by atoms with E-state index in [9.17, 15) is 4.79 Å². The first-order chi connectivity index (χ1) is 7.56. The molecule has 0 aromatic heterocycles. The van der Waals surface area contributed by atoms with E-state index in [1.165, 1.54) is 0 Å². The van der Waals surface area contributed by atoms with Crippen LogP contribution in [0.1, 0.15) is 20.3 Å². The van der Waals surface area contributed by atoms with Crippen LogP contribution in [-0.4, -0.2) is 62.1 Å². The molecule has 1 saturated heterocycles. The summed E-state index contributed by atoms with van der Waals surface area (Å²) in [6, 6.07) is 0.482. The maximum atomic E-state index is 11.8. The number of likely N-dealkylation sites (tertiary alicyclic amines) is 1. The van der Waals surface area contributed by atoms with Crippen LogP contribution in [0, 0.1) is 5.92 Å². The molecule has 1 amide bonds. The van der Waals surface area contributed by atoms with Gasteiger partial charge < -0.3 is 14.5 Å². The Bertz CT molecular complexity index is 231. The summed E-state index contributed by atoms with van der Waals surface area (Å²) >= 11 is 0. The summed E-state index contributed by atoms with van der Waals surface area (Å²) in [5, 5.41) is 0. The van der Waals surface area contributed by atoms with E-state index in [2.05, 4.69) is 25.9 Å². The molecule has 0 aromatic rings. The molecule has 2 unspecified atom stereocenters. The Hall–Kier alpha value is -0.610. The van der Waals surface area contributed by atoms with E-state index in [1.807, 2.05) is 11.8 Å².